The summed E-state index contributed by atoms with van der Waals surface area (Å²) < 4.78 is 0. The molecule has 0 radical (unpaired) electrons. The van der Waals surface area contributed by atoms with Crippen LogP contribution in [-0.4, -0.2) is 47.5 Å². The van der Waals surface area contributed by atoms with Crippen molar-refractivity contribution in [1.29, 1.82) is 0 Å². The standard InChI is InChI=1S/C25H28N4O/c1-2-3-15-25(26-27-25)16-14-23(30)28-17-19-29(20-18-28)24(21-10-6-4-7-11-21)22-12-8-5-9-13-22/h1,4-13,24H,3,14-20H2. The van der Waals surface area contributed by atoms with Crippen LogP contribution in [0.5, 0.6) is 0 Å². The van der Waals surface area contributed by atoms with E-state index in [1.165, 1.54) is 11.1 Å². The molecule has 0 N–H and O–H groups in total. The first kappa shape index (κ1) is 20.3. The molecule has 1 fully saturated rings. The second kappa shape index (κ2) is 9.23. The Bertz CT molecular complexity index is 866. The molecule has 1 amide bonds. The van der Waals surface area contributed by atoms with E-state index < -0.39 is 0 Å². The van der Waals surface area contributed by atoms with E-state index in [2.05, 4.69) is 81.7 Å². The van der Waals surface area contributed by atoms with E-state index >= 15 is 0 Å². The summed E-state index contributed by atoms with van der Waals surface area (Å²) in [6, 6.07) is 21.4. The van der Waals surface area contributed by atoms with Gasteiger partial charge in [0, 0.05) is 51.9 Å². The molecular formula is C25H28N4O. The first-order chi connectivity index (χ1) is 14.7. The second-order valence-corrected chi connectivity index (χ2v) is 8.03. The van der Waals surface area contributed by atoms with Crippen LogP contribution in [0.1, 0.15) is 42.9 Å². The summed E-state index contributed by atoms with van der Waals surface area (Å²) in [4.78, 5) is 17.2. The minimum atomic E-state index is -0.379. The van der Waals surface area contributed by atoms with E-state index in [-0.39, 0.29) is 17.6 Å². The van der Waals surface area contributed by atoms with Crippen molar-refractivity contribution in [3.8, 4) is 12.3 Å². The van der Waals surface area contributed by atoms with Gasteiger partial charge in [0.1, 0.15) is 0 Å². The molecule has 2 aromatic carbocycles. The molecule has 0 saturated carbocycles. The van der Waals surface area contributed by atoms with Gasteiger partial charge in [-0.05, 0) is 11.1 Å². The molecular weight excluding hydrogens is 372 g/mol. The van der Waals surface area contributed by atoms with Crippen LogP contribution in [-0.2, 0) is 4.79 Å². The summed E-state index contributed by atoms with van der Waals surface area (Å²) in [6.45, 7) is 3.22. The van der Waals surface area contributed by atoms with Crippen LogP contribution in [0.15, 0.2) is 70.9 Å². The Kier molecular flexibility index (Phi) is 6.25. The van der Waals surface area contributed by atoms with Crippen molar-refractivity contribution in [2.75, 3.05) is 26.2 Å². The van der Waals surface area contributed by atoms with Crippen LogP contribution < -0.4 is 0 Å². The fourth-order valence-corrected chi connectivity index (χ4v) is 4.25. The molecule has 154 valence electrons. The van der Waals surface area contributed by atoms with Crippen LogP contribution in [0, 0.1) is 12.3 Å². The van der Waals surface area contributed by atoms with Crippen LogP contribution in [0.2, 0.25) is 0 Å². The maximum Gasteiger partial charge on any atom is 0.222 e. The molecule has 0 bridgehead atoms. The summed E-state index contributed by atoms with van der Waals surface area (Å²) >= 11 is 0. The highest BCUT2D eigenvalue weighted by atomic mass is 16.2. The maximum atomic E-state index is 12.7. The van der Waals surface area contributed by atoms with E-state index in [0.29, 0.717) is 19.3 Å². The number of hydrogen-bond acceptors (Lipinski definition) is 4. The van der Waals surface area contributed by atoms with Crippen molar-refractivity contribution in [2.45, 2.75) is 37.4 Å². The number of piperazine rings is 1. The number of nitrogens with zero attached hydrogens (tertiary/aromatic N) is 4. The van der Waals surface area contributed by atoms with Gasteiger partial charge in [-0.1, -0.05) is 60.7 Å². The fourth-order valence-electron chi connectivity index (χ4n) is 4.25. The van der Waals surface area contributed by atoms with Crippen molar-refractivity contribution in [3.63, 3.8) is 0 Å². The molecule has 2 heterocycles. The smallest absolute Gasteiger partial charge is 0.222 e. The first-order valence-electron chi connectivity index (χ1n) is 10.7. The number of rotatable bonds is 8. The van der Waals surface area contributed by atoms with Crippen molar-refractivity contribution >= 4 is 5.91 Å². The summed E-state index contributed by atoms with van der Waals surface area (Å²) in [6.07, 6.45) is 7.90. The van der Waals surface area contributed by atoms with Gasteiger partial charge in [-0.15, -0.1) is 12.3 Å². The Morgan fingerprint density at radius 1 is 0.933 bits per heavy atom. The zero-order valence-corrected chi connectivity index (χ0v) is 17.3. The maximum absolute atomic E-state index is 12.7. The highest BCUT2D eigenvalue weighted by Crippen LogP contribution is 2.38. The number of benzene rings is 2. The van der Waals surface area contributed by atoms with Gasteiger partial charge in [0.25, 0.3) is 0 Å². The number of carbonyl (C=O) groups excluding carboxylic acids is 1. The van der Waals surface area contributed by atoms with Gasteiger partial charge in [-0.2, -0.15) is 10.2 Å². The normalized spacial score (nSPS) is 17.7. The predicted molar refractivity (Wildman–Crippen MR) is 118 cm³/mol. The zero-order chi connectivity index (χ0) is 20.8. The molecule has 2 aromatic rings. The second-order valence-electron chi connectivity index (χ2n) is 8.03. The van der Waals surface area contributed by atoms with Gasteiger partial charge < -0.3 is 4.90 Å². The average molecular weight is 401 g/mol. The number of hydrogen-bond donors (Lipinski definition) is 0. The Labute approximate surface area is 178 Å². The van der Waals surface area contributed by atoms with Crippen molar-refractivity contribution in [2.24, 2.45) is 10.2 Å². The third kappa shape index (κ3) is 4.77. The quantitative estimate of drug-likeness (QED) is 0.621. The Balaban J connectivity index is 1.35. The van der Waals surface area contributed by atoms with Gasteiger partial charge >= 0.3 is 0 Å². The lowest BCUT2D eigenvalue weighted by atomic mass is 9.96. The molecule has 0 aromatic heterocycles. The van der Waals surface area contributed by atoms with E-state index in [0.717, 1.165) is 32.6 Å². The Morgan fingerprint density at radius 2 is 1.50 bits per heavy atom. The Morgan fingerprint density at radius 3 is 2.00 bits per heavy atom. The van der Waals surface area contributed by atoms with Crippen molar-refractivity contribution in [1.82, 2.24) is 9.80 Å². The summed E-state index contributed by atoms with van der Waals surface area (Å²) in [5.41, 5.74) is 2.20. The average Bonchev–Trinajstić information content (AvgIpc) is 3.58. The molecule has 0 atom stereocenters. The predicted octanol–water partition coefficient (Wildman–Crippen LogP) is 4.28. The van der Waals surface area contributed by atoms with E-state index in [1.807, 2.05) is 4.90 Å². The molecule has 0 unspecified atom stereocenters. The highest BCUT2D eigenvalue weighted by Gasteiger charge is 2.40. The SMILES string of the molecule is C#CCCC1(CCC(=O)N2CCN(C(c3ccccc3)c3ccccc3)CC2)N=N1. The van der Waals surface area contributed by atoms with Crippen molar-refractivity contribution < 1.29 is 4.79 Å². The summed E-state index contributed by atoms with van der Waals surface area (Å²) in [5, 5.41) is 8.28. The third-order valence-electron chi connectivity index (χ3n) is 6.05. The Hall–Kier alpha value is -2.97. The van der Waals surface area contributed by atoms with Gasteiger partial charge in [0.15, 0.2) is 5.66 Å². The lowest BCUT2D eigenvalue weighted by molar-refractivity contribution is -0.133. The lowest BCUT2D eigenvalue weighted by Gasteiger charge is -2.40. The third-order valence-corrected chi connectivity index (χ3v) is 6.05. The number of amides is 1. The minimum Gasteiger partial charge on any atom is -0.340 e. The van der Waals surface area contributed by atoms with Crippen LogP contribution in [0.4, 0.5) is 0 Å². The van der Waals surface area contributed by atoms with Crippen molar-refractivity contribution in [3.05, 3.63) is 71.8 Å². The van der Waals surface area contributed by atoms with Gasteiger partial charge in [0.2, 0.25) is 5.91 Å². The van der Waals surface area contributed by atoms with Gasteiger partial charge in [0.05, 0.1) is 6.04 Å². The molecule has 2 aliphatic rings. The molecule has 1 saturated heterocycles. The van der Waals surface area contributed by atoms with Gasteiger partial charge in [-0.25, -0.2) is 0 Å². The van der Waals surface area contributed by atoms with Crippen LogP contribution in [0.25, 0.3) is 0 Å². The molecule has 4 rings (SSSR count). The van der Waals surface area contributed by atoms with E-state index in [4.69, 9.17) is 6.42 Å². The molecule has 0 aliphatic carbocycles. The lowest BCUT2D eigenvalue weighted by Crippen LogP contribution is -2.50. The molecule has 2 aliphatic heterocycles. The number of terminal acetylenes is 1. The highest BCUT2D eigenvalue weighted by molar-refractivity contribution is 5.76. The fraction of sp³-hybridized carbons (Fsp3) is 0.400. The van der Waals surface area contributed by atoms with E-state index in [1.54, 1.807) is 0 Å². The van der Waals surface area contributed by atoms with Gasteiger partial charge in [-0.3, -0.25) is 9.69 Å². The largest absolute Gasteiger partial charge is 0.340 e. The number of carbonyl (C=O) groups is 1. The molecule has 30 heavy (non-hydrogen) atoms. The summed E-state index contributed by atoms with van der Waals surface area (Å²) in [7, 11) is 0. The molecule has 5 heteroatoms. The first-order valence-corrected chi connectivity index (χ1v) is 10.7. The topological polar surface area (TPSA) is 48.3 Å². The van der Waals surface area contributed by atoms with E-state index in [9.17, 15) is 4.79 Å². The molecule has 0 spiro atoms. The monoisotopic (exact) mass is 400 g/mol. The zero-order valence-electron chi connectivity index (χ0n) is 17.3. The van der Waals surface area contributed by atoms with Crippen LogP contribution in [0.3, 0.4) is 0 Å². The minimum absolute atomic E-state index is 0.197. The summed E-state index contributed by atoms with van der Waals surface area (Å²) in [5.74, 6) is 2.83. The van der Waals surface area contributed by atoms with Crippen LogP contribution >= 0.6 is 0 Å². The molecule has 5 nitrogen and oxygen atoms in total.